The molecule has 1 heteroatoms. The summed E-state index contributed by atoms with van der Waals surface area (Å²) in [6, 6.07) is 6.84. The molecule has 0 atom stereocenters. The molecule has 0 radical (unpaired) electrons. The largest absolute Gasteiger partial charge is 0.395 e. The van der Waals surface area contributed by atoms with E-state index in [1.54, 1.807) is 0 Å². The molecule has 1 saturated carbocycles. The number of aliphatic hydroxyl groups excluding tert-OH is 1. The zero-order chi connectivity index (χ0) is 9.60. The van der Waals surface area contributed by atoms with Crippen molar-refractivity contribution in [1.29, 1.82) is 0 Å². The molecular formula is C13H16O. The molecule has 1 nitrogen and oxygen atoms in total. The summed E-state index contributed by atoms with van der Waals surface area (Å²) in [4.78, 5) is 0. The maximum absolute atomic E-state index is 9.36. The van der Waals surface area contributed by atoms with Crippen molar-refractivity contribution in [2.75, 3.05) is 6.61 Å². The lowest BCUT2D eigenvalue weighted by Crippen LogP contribution is -2.12. The number of benzene rings is 1. The van der Waals surface area contributed by atoms with Crippen molar-refractivity contribution in [1.82, 2.24) is 0 Å². The van der Waals surface area contributed by atoms with Crippen LogP contribution in [0.1, 0.15) is 36.0 Å². The smallest absolute Gasteiger partial charge is 0.0527 e. The average Bonchev–Trinajstić information content (AvgIpc) is 2.89. The minimum atomic E-state index is 0.150. The maximum Gasteiger partial charge on any atom is 0.0527 e. The van der Waals surface area contributed by atoms with Crippen molar-refractivity contribution in [3.8, 4) is 0 Å². The molecule has 0 bridgehead atoms. The van der Waals surface area contributed by atoms with Gasteiger partial charge in [-0.15, -0.1) is 0 Å². The lowest BCUT2D eigenvalue weighted by atomic mass is 9.94. The van der Waals surface area contributed by atoms with Gasteiger partial charge in [-0.1, -0.05) is 18.2 Å². The Labute approximate surface area is 84.8 Å². The SMILES string of the molecule is OCC1(c2ccc3c(c2)CCC3)CC1. The van der Waals surface area contributed by atoms with Gasteiger partial charge < -0.3 is 5.11 Å². The second-order valence-corrected chi connectivity index (χ2v) is 4.78. The first-order valence-electron chi connectivity index (χ1n) is 5.57. The third kappa shape index (κ3) is 1.12. The topological polar surface area (TPSA) is 20.2 Å². The van der Waals surface area contributed by atoms with Gasteiger partial charge in [0, 0.05) is 5.41 Å². The number of aliphatic hydroxyl groups is 1. The Morgan fingerprint density at radius 2 is 1.93 bits per heavy atom. The van der Waals surface area contributed by atoms with E-state index in [4.69, 9.17) is 0 Å². The van der Waals surface area contributed by atoms with E-state index in [2.05, 4.69) is 18.2 Å². The summed E-state index contributed by atoms with van der Waals surface area (Å²) >= 11 is 0. The maximum atomic E-state index is 9.36. The van der Waals surface area contributed by atoms with Crippen LogP contribution in [0.4, 0.5) is 0 Å². The molecule has 0 amide bonds. The summed E-state index contributed by atoms with van der Waals surface area (Å²) in [6.07, 6.45) is 6.14. The van der Waals surface area contributed by atoms with Crippen LogP contribution in [-0.4, -0.2) is 11.7 Å². The monoisotopic (exact) mass is 188 g/mol. The van der Waals surface area contributed by atoms with Gasteiger partial charge in [-0.05, 0) is 48.8 Å². The van der Waals surface area contributed by atoms with Gasteiger partial charge >= 0.3 is 0 Å². The Bertz CT molecular complexity index is 363. The summed E-state index contributed by atoms with van der Waals surface area (Å²) in [5.41, 5.74) is 4.59. The van der Waals surface area contributed by atoms with Crippen LogP contribution in [0, 0.1) is 0 Å². The van der Waals surface area contributed by atoms with Gasteiger partial charge in [0.2, 0.25) is 0 Å². The van der Waals surface area contributed by atoms with E-state index in [0.717, 1.165) is 0 Å². The zero-order valence-electron chi connectivity index (χ0n) is 8.42. The predicted octanol–water partition coefficient (Wildman–Crippen LogP) is 2.20. The number of aryl methyl sites for hydroxylation is 2. The van der Waals surface area contributed by atoms with Crippen LogP contribution in [0.25, 0.3) is 0 Å². The van der Waals surface area contributed by atoms with Gasteiger partial charge in [0.15, 0.2) is 0 Å². The van der Waals surface area contributed by atoms with Gasteiger partial charge in [-0.25, -0.2) is 0 Å². The lowest BCUT2D eigenvalue weighted by Gasteiger charge is -2.13. The quantitative estimate of drug-likeness (QED) is 0.754. The standard InChI is InChI=1S/C13H16O/c14-9-13(6-7-13)12-5-4-10-2-1-3-11(10)8-12/h4-5,8,14H,1-3,6-7,9H2. The molecule has 1 aromatic rings. The fraction of sp³-hybridized carbons (Fsp3) is 0.538. The van der Waals surface area contributed by atoms with Crippen LogP contribution in [0.2, 0.25) is 0 Å². The van der Waals surface area contributed by atoms with Gasteiger partial charge in [-0.3, -0.25) is 0 Å². The van der Waals surface area contributed by atoms with Gasteiger partial charge in [0.1, 0.15) is 0 Å². The predicted molar refractivity (Wildman–Crippen MR) is 56.5 cm³/mol. The van der Waals surface area contributed by atoms with E-state index in [-0.39, 0.29) is 5.41 Å². The molecule has 14 heavy (non-hydrogen) atoms. The number of rotatable bonds is 2. The number of fused-ring (bicyclic) bond motifs is 1. The first kappa shape index (κ1) is 8.49. The van der Waals surface area contributed by atoms with E-state index in [1.165, 1.54) is 48.8 Å². The van der Waals surface area contributed by atoms with Crippen molar-refractivity contribution < 1.29 is 5.11 Å². The van der Waals surface area contributed by atoms with Crippen LogP contribution in [-0.2, 0) is 18.3 Å². The molecule has 1 N–H and O–H groups in total. The van der Waals surface area contributed by atoms with Crippen molar-refractivity contribution in [2.24, 2.45) is 0 Å². The van der Waals surface area contributed by atoms with Gasteiger partial charge in [-0.2, -0.15) is 0 Å². The molecule has 2 aliphatic rings. The molecule has 2 aliphatic carbocycles. The molecule has 1 fully saturated rings. The number of hydrogen-bond acceptors (Lipinski definition) is 1. The minimum Gasteiger partial charge on any atom is -0.395 e. The van der Waals surface area contributed by atoms with Crippen LogP contribution in [0.3, 0.4) is 0 Å². The average molecular weight is 188 g/mol. The summed E-state index contributed by atoms with van der Waals surface area (Å²) in [6.45, 7) is 0.325. The first-order valence-corrected chi connectivity index (χ1v) is 5.57. The molecule has 0 unspecified atom stereocenters. The van der Waals surface area contributed by atoms with Crippen LogP contribution >= 0.6 is 0 Å². The molecule has 0 spiro atoms. The van der Waals surface area contributed by atoms with Crippen LogP contribution < -0.4 is 0 Å². The van der Waals surface area contributed by atoms with Crippen LogP contribution in [0.5, 0.6) is 0 Å². The van der Waals surface area contributed by atoms with Gasteiger partial charge in [0.25, 0.3) is 0 Å². The minimum absolute atomic E-state index is 0.150. The lowest BCUT2D eigenvalue weighted by molar-refractivity contribution is 0.255. The second kappa shape index (κ2) is 2.83. The highest BCUT2D eigenvalue weighted by molar-refractivity contribution is 5.41. The first-order chi connectivity index (χ1) is 6.84. The number of hydrogen-bond donors (Lipinski definition) is 1. The van der Waals surface area contributed by atoms with E-state index in [9.17, 15) is 5.11 Å². The third-order valence-corrected chi connectivity index (χ3v) is 3.87. The molecular weight excluding hydrogens is 172 g/mol. The van der Waals surface area contributed by atoms with Crippen molar-refractivity contribution in [3.63, 3.8) is 0 Å². The normalized spacial score (nSPS) is 22.1. The summed E-state index contributed by atoms with van der Waals surface area (Å²) in [7, 11) is 0. The fourth-order valence-corrected chi connectivity index (χ4v) is 2.59. The molecule has 0 aliphatic heterocycles. The van der Waals surface area contributed by atoms with E-state index in [0.29, 0.717) is 6.61 Å². The van der Waals surface area contributed by atoms with E-state index < -0.39 is 0 Å². The molecule has 0 saturated heterocycles. The fourth-order valence-electron chi connectivity index (χ4n) is 2.59. The molecule has 1 aromatic carbocycles. The van der Waals surface area contributed by atoms with Crippen LogP contribution in [0.15, 0.2) is 18.2 Å². The highest BCUT2D eigenvalue weighted by atomic mass is 16.3. The Kier molecular flexibility index (Phi) is 1.72. The molecule has 74 valence electrons. The molecule has 0 heterocycles. The zero-order valence-corrected chi connectivity index (χ0v) is 8.42. The Hall–Kier alpha value is -0.820. The Morgan fingerprint density at radius 1 is 1.14 bits per heavy atom. The van der Waals surface area contributed by atoms with Gasteiger partial charge in [0.05, 0.1) is 6.61 Å². The highest BCUT2D eigenvalue weighted by Gasteiger charge is 2.43. The van der Waals surface area contributed by atoms with E-state index >= 15 is 0 Å². The second-order valence-electron chi connectivity index (χ2n) is 4.78. The Balaban J connectivity index is 2.00. The highest BCUT2D eigenvalue weighted by Crippen LogP contribution is 2.48. The molecule has 0 aromatic heterocycles. The summed E-state index contributed by atoms with van der Waals surface area (Å²) < 4.78 is 0. The summed E-state index contributed by atoms with van der Waals surface area (Å²) in [5, 5.41) is 9.36. The van der Waals surface area contributed by atoms with Crippen molar-refractivity contribution in [2.45, 2.75) is 37.5 Å². The van der Waals surface area contributed by atoms with Crippen molar-refractivity contribution in [3.05, 3.63) is 34.9 Å². The van der Waals surface area contributed by atoms with Crippen molar-refractivity contribution >= 4 is 0 Å². The molecule has 3 rings (SSSR count). The third-order valence-electron chi connectivity index (χ3n) is 3.87. The van der Waals surface area contributed by atoms with E-state index in [1.807, 2.05) is 0 Å². The Morgan fingerprint density at radius 3 is 2.64 bits per heavy atom. The summed E-state index contributed by atoms with van der Waals surface area (Å²) in [5.74, 6) is 0.